The van der Waals surface area contributed by atoms with Crippen LogP contribution in [0.25, 0.3) is 0 Å². The maximum absolute atomic E-state index is 10.7. The van der Waals surface area contributed by atoms with E-state index < -0.39 is 5.97 Å². The molecule has 0 amide bonds. The van der Waals surface area contributed by atoms with Gasteiger partial charge in [-0.3, -0.25) is 0 Å². The average Bonchev–Trinajstić information content (AvgIpc) is 2.17. The van der Waals surface area contributed by atoms with Crippen LogP contribution in [0.1, 0.15) is 15.9 Å². The molecule has 1 rings (SSSR count). The zero-order valence-electron chi connectivity index (χ0n) is 8.16. The molecule has 3 nitrogen and oxygen atoms in total. The quantitative estimate of drug-likeness (QED) is 0.863. The lowest BCUT2D eigenvalue weighted by atomic mass is 10.1. The number of nitrogens with one attached hydrogen (secondary N) is 1. The number of carboxylic acids is 1. The minimum atomic E-state index is -0.901. The molecule has 0 aliphatic rings. The topological polar surface area (TPSA) is 49.3 Å². The van der Waals surface area contributed by atoms with Crippen molar-refractivity contribution in [1.29, 1.82) is 0 Å². The number of benzene rings is 1. The molecular formula is C11H12BrNO2. The summed E-state index contributed by atoms with van der Waals surface area (Å²) in [5.74, 6) is -0.901. The normalized spacial score (nSPS) is 9.93. The highest BCUT2D eigenvalue weighted by atomic mass is 79.9. The number of hydrogen-bond acceptors (Lipinski definition) is 2. The number of carbonyl (C=O) groups is 1. The van der Waals surface area contributed by atoms with E-state index in [1.807, 2.05) is 6.07 Å². The van der Waals surface area contributed by atoms with Crippen molar-refractivity contribution < 1.29 is 9.90 Å². The Balaban J connectivity index is 2.58. The van der Waals surface area contributed by atoms with Gasteiger partial charge in [0, 0.05) is 17.6 Å². The van der Waals surface area contributed by atoms with Gasteiger partial charge < -0.3 is 10.4 Å². The molecule has 0 radical (unpaired) electrons. The predicted molar refractivity (Wildman–Crippen MR) is 63.2 cm³/mol. The third-order valence-corrected chi connectivity index (χ3v) is 2.10. The highest BCUT2D eigenvalue weighted by Crippen LogP contribution is 2.05. The number of carboxylic acid groups (broad SMARTS) is 1. The van der Waals surface area contributed by atoms with Gasteiger partial charge in [-0.25, -0.2) is 4.79 Å². The fraction of sp³-hybridized carbons (Fsp3) is 0.182. The smallest absolute Gasteiger partial charge is 0.335 e. The van der Waals surface area contributed by atoms with E-state index in [2.05, 4.69) is 27.8 Å². The molecule has 2 N–H and O–H groups in total. The van der Waals surface area contributed by atoms with Gasteiger partial charge in [0.25, 0.3) is 0 Å². The first-order valence-corrected chi connectivity index (χ1v) is 5.25. The standard InChI is InChI=1S/C11H12BrNO2/c1-8(12)6-13-7-9-3-2-4-10(5-9)11(14)15/h2-5,13H,1,6-7H2,(H,14,15). The Kier molecular flexibility index (Phi) is 4.52. The zero-order chi connectivity index (χ0) is 11.3. The van der Waals surface area contributed by atoms with Gasteiger partial charge in [-0.1, -0.05) is 34.6 Å². The van der Waals surface area contributed by atoms with Crippen molar-refractivity contribution in [2.24, 2.45) is 0 Å². The molecule has 15 heavy (non-hydrogen) atoms. The minimum Gasteiger partial charge on any atom is -0.478 e. The molecular weight excluding hydrogens is 258 g/mol. The molecule has 0 saturated carbocycles. The lowest BCUT2D eigenvalue weighted by Gasteiger charge is -2.04. The van der Waals surface area contributed by atoms with Gasteiger partial charge in [-0.15, -0.1) is 0 Å². The van der Waals surface area contributed by atoms with Gasteiger partial charge in [-0.05, 0) is 17.7 Å². The summed E-state index contributed by atoms with van der Waals surface area (Å²) in [7, 11) is 0. The largest absolute Gasteiger partial charge is 0.478 e. The SMILES string of the molecule is C=C(Br)CNCc1cccc(C(=O)O)c1. The van der Waals surface area contributed by atoms with Crippen LogP contribution in [0, 0.1) is 0 Å². The van der Waals surface area contributed by atoms with Crippen molar-refractivity contribution in [3.63, 3.8) is 0 Å². The second-order valence-electron chi connectivity index (χ2n) is 3.13. The Hall–Kier alpha value is -1.13. The number of rotatable bonds is 5. The van der Waals surface area contributed by atoms with E-state index in [9.17, 15) is 4.79 Å². The van der Waals surface area contributed by atoms with Crippen LogP contribution >= 0.6 is 15.9 Å². The molecule has 0 unspecified atom stereocenters. The van der Waals surface area contributed by atoms with Gasteiger partial charge in [0.05, 0.1) is 5.56 Å². The van der Waals surface area contributed by atoms with Crippen molar-refractivity contribution in [2.45, 2.75) is 6.54 Å². The summed E-state index contributed by atoms with van der Waals surface area (Å²) in [5, 5.41) is 11.9. The molecule has 4 heteroatoms. The lowest BCUT2D eigenvalue weighted by molar-refractivity contribution is 0.0697. The Labute approximate surface area is 96.9 Å². The van der Waals surface area contributed by atoms with Gasteiger partial charge >= 0.3 is 5.97 Å². The summed E-state index contributed by atoms with van der Waals surface area (Å²) in [6.07, 6.45) is 0. The first-order valence-electron chi connectivity index (χ1n) is 4.46. The fourth-order valence-electron chi connectivity index (χ4n) is 1.16. The molecule has 0 bridgehead atoms. The van der Waals surface area contributed by atoms with Crippen molar-refractivity contribution in [2.75, 3.05) is 6.54 Å². The monoisotopic (exact) mass is 269 g/mol. The van der Waals surface area contributed by atoms with E-state index in [1.165, 1.54) is 0 Å². The summed E-state index contributed by atoms with van der Waals surface area (Å²) >= 11 is 3.23. The summed E-state index contributed by atoms with van der Waals surface area (Å²) in [4.78, 5) is 10.7. The van der Waals surface area contributed by atoms with E-state index in [0.29, 0.717) is 18.7 Å². The highest BCUT2D eigenvalue weighted by Gasteiger charge is 2.02. The van der Waals surface area contributed by atoms with Crippen molar-refractivity contribution in [3.05, 3.63) is 46.5 Å². The van der Waals surface area contributed by atoms with E-state index in [-0.39, 0.29) is 0 Å². The van der Waals surface area contributed by atoms with E-state index in [0.717, 1.165) is 10.0 Å². The molecule has 0 saturated heterocycles. The van der Waals surface area contributed by atoms with Gasteiger partial charge in [-0.2, -0.15) is 0 Å². The molecule has 0 heterocycles. The molecule has 0 aromatic heterocycles. The average molecular weight is 270 g/mol. The van der Waals surface area contributed by atoms with E-state index in [1.54, 1.807) is 18.2 Å². The van der Waals surface area contributed by atoms with Crippen LogP contribution in [0.15, 0.2) is 35.3 Å². The van der Waals surface area contributed by atoms with Crippen LogP contribution in [-0.4, -0.2) is 17.6 Å². The lowest BCUT2D eigenvalue weighted by Crippen LogP contribution is -2.14. The third kappa shape index (κ3) is 4.27. The number of halogens is 1. The second kappa shape index (κ2) is 5.68. The van der Waals surface area contributed by atoms with E-state index >= 15 is 0 Å². The Morgan fingerprint density at radius 2 is 2.27 bits per heavy atom. The van der Waals surface area contributed by atoms with E-state index in [4.69, 9.17) is 5.11 Å². The fourth-order valence-corrected chi connectivity index (χ4v) is 1.36. The van der Waals surface area contributed by atoms with Crippen molar-refractivity contribution in [3.8, 4) is 0 Å². The molecule has 0 aliphatic carbocycles. The first-order chi connectivity index (χ1) is 7.09. The van der Waals surface area contributed by atoms with Crippen LogP contribution in [-0.2, 0) is 6.54 Å². The summed E-state index contributed by atoms with van der Waals surface area (Å²) in [6.45, 7) is 4.99. The van der Waals surface area contributed by atoms with Crippen LogP contribution in [0.2, 0.25) is 0 Å². The third-order valence-electron chi connectivity index (χ3n) is 1.82. The Morgan fingerprint density at radius 3 is 2.87 bits per heavy atom. The predicted octanol–water partition coefficient (Wildman–Crippen LogP) is 2.38. The van der Waals surface area contributed by atoms with Crippen LogP contribution in [0.4, 0.5) is 0 Å². The van der Waals surface area contributed by atoms with Crippen LogP contribution in [0.5, 0.6) is 0 Å². The molecule has 1 aromatic carbocycles. The maximum atomic E-state index is 10.7. The van der Waals surface area contributed by atoms with Crippen molar-refractivity contribution >= 4 is 21.9 Å². The molecule has 0 fully saturated rings. The van der Waals surface area contributed by atoms with Gasteiger partial charge in [0.15, 0.2) is 0 Å². The van der Waals surface area contributed by atoms with Crippen LogP contribution in [0.3, 0.4) is 0 Å². The minimum absolute atomic E-state index is 0.312. The summed E-state index contributed by atoms with van der Waals surface area (Å²) in [6, 6.07) is 6.86. The number of aromatic carboxylic acids is 1. The van der Waals surface area contributed by atoms with Gasteiger partial charge in [0.2, 0.25) is 0 Å². The zero-order valence-corrected chi connectivity index (χ0v) is 9.75. The second-order valence-corrected chi connectivity index (χ2v) is 4.25. The van der Waals surface area contributed by atoms with Crippen molar-refractivity contribution in [1.82, 2.24) is 5.32 Å². The Bertz CT molecular complexity index is 377. The first kappa shape index (κ1) is 11.9. The summed E-state index contributed by atoms with van der Waals surface area (Å²) < 4.78 is 0.872. The number of hydrogen-bond donors (Lipinski definition) is 2. The van der Waals surface area contributed by atoms with Crippen LogP contribution < -0.4 is 5.32 Å². The van der Waals surface area contributed by atoms with Gasteiger partial charge in [0.1, 0.15) is 0 Å². The molecule has 80 valence electrons. The molecule has 1 aromatic rings. The molecule has 0 aliphatic heterocycles. The Morgan fingerprint density at radius 1 is 1.53 bits per heavy atom. The molecule has 0 atom stereocenters. The summed E-state index contributed by atoms with van der Waals surface area (Å²) in [5.41, 5.74) is 1.26. The maximum Gasteiger partial charge on any atom is 0.335 e. The highest BCUT2D eigenvalue weighted by molar-refractivity contribution is 9.11. The molecule has 0 spiro atoms.